The minimum absolute atomic E-state index is 0.234. The van der Waals surface area contributed by atoms with E-state index in [9.17, 15) is 0 Å². The summed E-state index contributed by atoms with van der Waals surface area (Å²) < 4.78 is 2.07. The molecule has 0 spiro atoms. The van der Waals surface area contributed by atoms with Gasteiger partial charge in [-0.1, -0.05) is 37.3 Å². The van der Waals surface area contributed by atoms with Crippen LogP contribution in [0.5, 0.6) is 0 Å². The summed E-state index contributed by atoms with van der Waals surface area (Å²) in [6, 6.07) is 10.8. The molecular formula is C14H19N3. The van der Waals surface area contributed by atoms with E-state index < -0.39 is 0 Å². The fourth-order valence-corrected chi connectivity index (χ4v) is 2.23. The van der Waals surface area contributed by atoms with Gasteiger partial charge in [0.25, 0.3) is 0 Å². The van der Waals surface area contributed by atoms with Crippen molar-refractivity contribution in [3.63, 3.8) is 0 Å². The number of nitrogens with one attached hydrogen (secondary N) is 1. The van der Waals surface area contributed by atoms with Crippen molar-refractivity contribution in [2.24, 2.45) is 7.05 Å². The van der Waals surface area contributed by atoms with Crippen molar-refractivity contribution in [1.82, 2.24) is 14.9 Å². The molecule has 1 aromatic carbocycles. The number of rotatable bonds is 4. The lowest BCUT2D eigenvalue weighted by Crippen LogP contribution is -2.25. The normalized spacial score (nSPS) is 14.5. The Balaban J connectivity index is 2.28. The Kier molecular flexibility index (Phi) is 3.59. The topological polar surface area (TPSA) is 29.9 Å². The molecule has 0 aliphatic carbocycles. The zero-order valence-electron chi connectivity index (χ0n) is 10.6. The van der Waals surface area contributed by atoms with Crippen LogP contribution in [0.2, 0.25) is 0 Å². The summed E-state index contributed by atoms with van der Waals surface area (Å²) in [6.45, 7) is 2.23. The largest absolute Gasteiger partial charge is 0.337 e. The van der Waals surface area contributed by atoms with Crippen molar-refractivity contribution >= 4 is 0 Å². The van der Waals surface area contributed by atoms with Crippen molar-refractivity contribution in [3.05, 3.63) is 54.1 Å². The maximum Gasteiger partial charge on any atom is 0.126 e. The average molecular weight is 229 g/mol. The molecular weight excluding hydrogens is 210 g/mol. The fraction of sp³-hybridized carbons (Fsp3) is 0.357. The number of aromatic nitrogens is 2. The average Bonchev–Trinajstić information content (AvgIpc) is 2.78. The molecule has 17 heavy (non-hydrogen) atoms. The van der Waals surface area contributed by atoms with E-state index >= 15 is 0 Å². The van der Waals surface area contributed by atoms with Gasteiger partial charge in [-0.25, -0.2) is 4.98 Å². The number of hydrogen-bond donors (Lipinski definition) is 1. The van der Waals surface area contributed by atoms with E-state index in [0.29, 0.717) is 5.92 Å². The van der Waals surface area contributed by atoms with Crippen molar-refractivity contribution in [1.29, 1.82) is 0 Å². The Hall–Kier alpha value is -1.61. The third kappa shape index (κ3) is 2.39. The van der Waals surface area contributed by atoms with Crippen LogP contribution in [0.4, 0.5) is 0 Å². The second-order valence-corrected chi connectivity index (χ2v) is 4.36. The Labute approximate surface area is 103 Å². The van der Waals surface area contributed by atoms with Crippen LogP contribution in [-0.2, 0) is 7.05 Å². The summed E-state index contributed by atoms with van der Waals surface area (Å²) in [5.74, 6) is 1.46. The van der Waals surface area contributed by atoms with Gasteiger partial charge < -0.3 is 9.88 Å². The number of likely N-dealkylation sites (N-methyl/N-ethyl adjacent to an activating group) is 1. The molecule has 1 N–H and O–H groups in total. The third-order valence-corrected chi connectivity index (χ3v) is 3.27. The second-order valence-electron chi connectivity index (χ2n) is 4.36. The van der Waals surface area contributed by atoms with E-state index in [1.807, 2.05) is 32.6 Å². The highest BCUT2D eigenvalue weighted by Gasteiger charge is 2.22. The molecule has 0 radical (unpaired) electrons. The lowest BCUT2D eigenvalue weighted by Gasteiger charge is -2.23. The molecule has 0 bridgehead atoms. The molecule has 2 aromatic rings. The molecule has 3 nitrogen and oxygen atoms in total. The van der Waals surface area contributed by atoms with Crippen molar-refractivity contribution in [3.8, 4) is 0 Å². The highest BCUT2D eigenvalue weighted by Crippen LogP contribution is 2.28. The first kappa shape index (κ1) is 11.9. The second kappa shape index (κ2) is 5.15. The molecule has 0 amide bonds. The highest BCUT2D eigenvalue weighted by molar-refractivity contribution is 5.22. The maximum absolute atomic E-state index is 4.43. The number of nitrogens with zero attached hydrogens (tertiary/aromatic N) is 2. The molecule has 2 unspecified atom stereocenters. The van der Waals surface area contributed by atoms with Gasteiger partial charge in [0.1, 0.15) is 5.82 Å². The van der Waals surface area contributed by atoms with Gasteiger partial charge in [-0.15, -0.1) is 0 Å². The summed E-state index contributed by atoms with van der Waals surface area (Å²) in [5, 5.41) is 3.36. The highest BCUT2D eigenvalue weighted by atomic mass is 15.1. The Morgan fingerprint density at radius 3 is 2.47 bits per heavy atom. The number of hydrogen-bond acceptors (Lipinski definition) is 2. The predicted molar refractivity (Wildman–Crippen MR) is 69.9 cm³/mol. The van der Waals surface area contributed by atoms with Gasteiger partial charge >= 0.3 is 0 Å². The molecule has 0 aliphatic heterocycles. The number of benzene rings is 1. The number of imidazole rings is 1. The molecule has 1 heterocycles. The first-order chi connectivity index (χ1) is 8.24. The van der Waals surface area contributed by atoms with Gasteiger partial charge in [0.05, 0.1) is 6.04 Å². The Morgan fingerprint density at radius 1 is 1.24 bits per heavy atom. The van der Waals surface area contributed by atoms with E-state index in [2.05, 4.69) is 46.1 Å². The molecule has 0 saturated carbocycles. The van der Waals surface area contributed by atoms with Crippen LogP contribution in [-0.4, -0.2) is 16.6 Å². The van der Waals surface area contributed by atoms with E-state index in [1.54, 1.807) is 0 Å². The summed E-state index contributed by atoms with van der Waals surface area (Å²) in [6.07, 6.45) is 3.83. The summed E-state index contributed by atoms with van der Waals surface area (Å²) in [4.78, 5) is 4.43. The lowest BCUT2D eigenvalue weighted by molar-refractivity contribution is 0.470. The monoisotopic (exact) mass is 229 g/mol. The van der Waals surface area contributed by atoms with Gasteiger partial charge in [-0.2, -0.15) is 0 Å². The molecule has 90 valence electrons. The van der Waals surface area contributed by atoms with Gasteiger partial charge in [0, 0.05) is 25.4 Å². The SMILES string of the molecule is CNC(c1nccn1C)C(C)c1ccccc1. The zero-order valence-corrected chi connectivity index (χ0v) is 10.6. The number of aryl methyl sites for hydroxylation is 1. The first-order valence-electron chi connectivity index (χ1n) is 5.93. The molecule has 1 aromatic heterocycles. The molecule has 2 atom stereocenters. The molecule has 0 saturated heterocycles. The standard InChI is InChI=1S/C14H19N3/c1-11(12-7-5-4-6-8-12)13(15-2)14-16-9-10-17(14)3/h4-11,13,15H,1-3H3. The molecule has 0 fully saturated rings. The van der Waals surface area contributed by atoms with E-state index in [0.717, 1.165) is 5.82 Å². The minimum Gasteiger partial charge on any atom is -0.337 e. The Bertz CT molecular complexity index is 461. The van der Waals surface area contributed by atoms with Crippen LogP contribution in [0.15, 0.2) is 42.7 Å². The van der Waals surface area contributed by atoms with Crippen LogP contribution in [0.25, 0.3) is 0 Å². The van der Waals surface area contributed by atoms with Crippen molar-refractivity contribution < 1.29 is 0 Å². The van der Waals surface area contributed by atoms with Crippen molar-refractivity contribution in [2.45, 2.75) is 18.9 Å². The van der Waals surface area contributed by atoms with Gasteiger partial charge in [-0.05, 0) is 12.6 Å². The fourth-order valence-electron chi connectivity index (χ4n) is 2.23. The third-order valence-electron chi connectivity index (χ3n) is 3.27. The van der Waals surface area contributed by atoms with Crippen LogP contribution in [0, 0.1) is 0 Å². The Morgan fingerprint density at radius 2 is 1.94 bits per heavy atom. The smallest absolute Gasteiger partial charge is 0.126 e. The molecule has 2 rings (SSSR count). The van der Waals surface area contributed by atoms with E-state index in [4.69, 9.17) is 0 Å². The first-order valence-corrected chi connectivity index (χ1v) is 5.93. The molecule has 0 aliphatic rings. The quantitative estimate of drug-likeness (QED) is 0.873. The van der Waals surface area contributed by atoms with Crippen molar-refractivity contribution in [2.75, 3.05) is 7.05 Å². The minimum atomic E-state index is 0.234. The zero-order chi connectivity index (χ0) is 12.3. The van der Waals surface area contributed by atoms with Gasteiger partial charge in [0.2, 0.25) is 0 Å². The lowest BCUT2D eigenvalue weighted by atomic mass is 9.93. The van der Waals surface area contributed by atoms with Crippen LogP contribution in [0.1, 0.15) is 30.3 Å². The summed E-state index contributed by atoms with van der Waals surface area (Å²) in [5.41, 5.74) is 1.33. The van der Waals surface area contributed by atoms with Crippen LogP contribution in [0.3, 0.4) is 0 Å². The summed E-state index contributed by atoms with van der Waals surface area (Å²) >= 11 is 0. The van der Waals surface area contributed by atoms with Gasteiger partial charge in [0.15, 0.2) is 0 Å². The molecule has 3 heteroatoms. The maximum atomic E-state index is 4.43. The van der Waals surface area contributed by atoms with Crippen LogP contribution < -0.4 is 5.32 Å². The predicted octanol–water partition coefficient (Wildman–Crippen LogP) is 2.48. The van der Waals surface area contributed by atoms with E-state index in [1.165, 1.54) is 5.56 Å². The summed E-state index contributed by atoms with van der Waals surface area (Å²) in [7, 11) is 4.02. The van der Waals surface area contributed by atoms with Crippen LogP contribution >= 0.6 is 0 Å². The van der Waals surface area contributed by atoms with E-state index in [-0.39, 0.29) is 6.04 Å². The van der Waals surface area contributed by atoms with Gasteiger partial charge in [-0.3, -0.25) is 0 Å².